The second-order valence-corrected chi connectivity index (χ2v) is 6.92. The third-order valence-corrected chi connectivity index (χ3v) is 5.56. The van der Waals surface area contributed by atoms with Gasteiger partial charge in [-0.2, -0.15) is 0 Å². The molecule has 130 valence electrons. The van der Waals surface area contributed by atoms with E-state index in [1.807, 2.05) is 0 Å². The summed E-state index contributed by atoms with van der Waals surface area (Å²) < 4.78 is 0. The second-order valence-electron chi connectivity index (χ2n) is 6.14. The van der Waals surface area contributed by atoms with Gasteiger partial charge in [-0.05, 0) is 37.3 Å². The number of piperidine rings is 1. The predicted octanol–water partition coefficient (Wildman–Crippen LogP) is 1.65. The Balaban J connectivity index is 1.84. The lowest BCUT2D eigenvalue weighted by atomic mass is 9.83. The lowest BCUT2D eigenvalue weighted by Crippen LogP contribution is -2.65. The van der Waals surface area contributed by atoms with Crippen molar-refractivity contribution < 1.29 is 19.8 Å². The van der Waals surface area contributed by atoms with Crippen LogP contribution in [0.3, 0.4) is 0 Å². The molecule has 3 atom stereocenters. The van der Waals surface area contributed by atoms with Gasteiger partial charge in [-0.25, -0.2) is 0 Å². The number of rotatable bonds is 3. The van der Waals surface area contributed by atoms with E-state index in [-0.39, 0.29) is 41.5 Å². The summed E-state index contributed by atoms with van der Waals surface area (Å²) in [6.07, 6.45) is 1.16. The molecule has 6 nitrogen and oxygen atoms in total. The summed E-state index contributed by atoms with van der Waals surface area (Å²) in [4.78, 5) is 26.4. The highest BCUT2D eigenvalue weighted by Gasteiger charge is 2.44. The molecule has 3 N–H and O–H groups in total. The van der Waals surface area contributed by atoms with Crippen molar-refractivity contribution in [2.24, 2.45) is 0 Å². The van der Waals surface area contributed by atoms with Crippen LogP contribution in [-0.4, -0.2) is 52.2 Å². The predicted molar refractivity (Wildman–Crippen MR) is 89.2 cm³/mol. The van der Waals surface area contributed by atoms with Crippen LogP contribution in [0.15, 0.2) is 12.1 Å². The Bertz CT molecular complexity index is 682. The van der Waals surface area contributed by atoms with E-state index >= 15 is 0 Å². The lowest BCUT2D eigenvalue weighted by Gasteiger charge is -2.44. The molecular weight excluding hydrogens is 355 g/mol. The van der Waals surface area contributed by atoms with Crippen LogP contribution in [0.25, 0.3) is 0 Å². The Morgan fingerprint density at radius 3 is 2.75 bits per heavy atom. The number of aromatic hydroxyl groups is 1. The molecule has 2 heterocycles. The summed E-state index contributed by atoms with van der Waals surface area (Å²) in [6.45, 7) is 0.232. The lowest BCUT2D eigenvalue weighted by molar-refractivity contribution is -0.152. The molecule has 24 heavy (non-hydrogen) atoms. The molecule has 2 saturated heterocycles. The van der Waals surface area contributed by atoms with Gasteiger partial charge in [0.05, 0.1) is 10.0 Å². The van der Waals surface area contributed by atoms with E-state index in [2.05, 4.69) is 5.32 Å². The largest absolute Gasteiger partial charge is 0.508 e. The monoisotopic (exact) mass is 372 g/mol. The van der Waals surface area contributed by atoms with Crippen molar-refractivity contribution in [2.75, 3.05) is 13.2 Å². The first-order chi connectivity index (χ1) is 11.4. The van der Waals surface area contributed by atoms with Gasteiger partial charge in [0.1, 0.15) is 17.8 Å². The van der Waals surface area contributed by atoms with Crippen molar-refractivity contribution in [3.63, 3.8) is 0 Å². The Kier molecular flexibility index (Phi) is 4.90. The van der Waals surface area contributed by atoms with E-state index < -0.39 is 12.1 Å². The van der Waals surface area contributed by atoms with Gasteiger partial charge in [0, 0.05) is 18.7 Å². The average molecular weight is 373 g/mol. The van der Waals surface area contributed by atoms with Gasteiger partial charge >= 0.3 is 0 Å². The van der Waals surface area contributed by atoms with Crippen molar-refractivity contribution in [1.29, 1.82) is 0 Å². The fraction of sp³-hybridized carbons (Fsp3) is 0.500. The molecule has 1 aromatic rings. The standard InChI is InChI=1S/C16H18Cl2N2O4/c17-9-1-2-12(22)13(14(9)18)8-3-5-20-11(7-8)15(23)19-10(4-6-21)16(20)24/h1-2,8,10-11,21-22H,3-7H2,(H,19,23). The van der Waals surface area contributed by atoms with E-state index in [0.717, 1.165) is 0 Å². The maximum atomic E-state index is 12.4. The minimum atomic E-state index is -0.668. The minimum Gasteiger partial charge on any atom is -0.508 e. The molecule has 2 fully saturated rings. The molecule has 0 aromatic heterocycles. The van der Waals surface area contributed by atoms with E-state index in [4.69, 9.17) is 28.3 Å². The Hall–Kier alpha value is -1.50. The van der Waals surface area contributed by atoms with Crippen LogP contribution >= 0.6 is 23.2 Å². The molecule has 2 aliphatic heterocycles. The van der Waals surface area contributed by atoms with Crippen molar-refractivity contribution in [1.82, 2.24) is 10.2 Å². The highest BCUT2D eigenvalue weighted by molar-refractivity contribution is 6.42. The maximum absolute atomic E-state index is 12.4. The zero-order chi connectivity index (χ0) is 17.4. The fourth-order valence-corrected chi connectivity index (χ4v) is 4.02. The van der Waals surface area contributed by atoms with Crippen LogP contribution < -0.4 is 5.32 Å². The Labute approximate surface area is 149 Å². The van der Waals surface area contributed by atoms with E-state index in [0.29, 0.717) is 30.0 Å². The van der Waals surface area contributed by atoms with Crippen molar-refractivity contribution in [3.8, 4) is 5.75 Å². The third kappa shape index (κ3) is 2.94. The summed E-state index contributed by atoms with van der Waals surface area (Å²) in [5, 5.41) is 22.5. The van der Waals surface area contributed by atoms with E-state index in [9.17, 15) is 14.7 Å². The number of aliphatic hydroxyl groups is 1. The SMILES string of the molecule is O=C1NC(CCO)C(=O)N2CCC(c3c(O)ccc(Cl)c3Cl)CC12. The molecule has 3 rings (SSSR count). The topological polar surface area (TPSA) is 89.9 Å². The molecule has 2 amide bonds. The number of carbonyl (C=O) groups is 2. The van der Waals surface area contributed by atoms with Gasteiger partial charge < -0.3 is 20.4 Å². The zero-order valence-electron chi connectivity index (χ0n) is 12.8. The summed E-state index contributed by atoms with van der Waals surface area (Å²) in [7, 11) is 0. The molecule has 0 radical (unpaired) electrons. The first-order valence-electron chi connectivity index (χ1n) is 7.82. The van der Waals surface area contributed by atoms with E-state index in [1.165, 1.54) is 12.1 Å². The molecule has 0 aliphatic carbocycles. The molecule has 0 bridgehead atoms. The molecule has 3 unspecified atom stereocenters. The number of fused-ring (bicyclic) bond motifs is 1. The highest BCUT2D eigenvalue weighted by Crippen LogP contribution is 2.43. The molecule has 1 aromatic carbocycles. The number of phenolic OH excluding ortho intramolecular Hbond substituents is 1. The van der Waals surface area contributed by atoms with E-state index in [1.54, 1.807) is 4.90 Å². The Morgan fingerprint density at radius 1 is 1.29 bits per heavy atom. The van der Waals surface area contributed by atoms with Crippen molar-refractivity contribution >= 4 is 35.0 Å². The minimum absolute atomic E-state index is 0.0450. The number of nitrogens with zero attached hydrogens (tertiary/aromatic N) is 1. The quantitative estimate of drug-likeness (QED) is 0.752. The summed E-state index contributed by atoms with van der Waals surface area (Å²) in [6, 6.07) is 1.74. The number of carbonyl (C=O) groups excluding carboxylic acids is 2. The third-order valence-electron chi connectivity index (χ3n) is 4.74. The summed E-state index contributed by atoms with van der Waals surface area (Å²) >= 11 is 12.3. The number of phenols is 1. The van der Waals surface area contributed by atoms with Crippen LogP contribution in [0.1, 0.15) is 30.7 Å². The number of halogens is 2. The number of piperazine rings is 1. The number of benzene rings is 1. The summed E-state index contributed by atoms with van der Waals surface area (Å²) in [5.74, 6) is -0.530. The van der Waals surface area contributed by atoms with Gasteiger partial charge in [0.15, 0.2) is 0 Å². The molecule has 0 saturated carbocycles. The fourth-order valence-electron chi connectivity index (χ4n) is 3.54. The second kappa shape index (κ2) is 6.78. The van der Waals surface area contributed by atoms with Crippen LogP contribution in [0.5, 0.6) is 5.75 Å². The van der Waals surface area contributed by atoms with Gasteiger partial charge in [-0.3, -0.25) is 9.59 Å². The number of amides is 2. The van der Waals surface area contributed by atoms with Gasteiger partial charge in [0.25, 0.3) is 0 Å². The summed E-state index contributed by atoms with van der Waals surface area (Å²) in [5.41, 5.74) is 0.529. The number of nitrogens with one attached hydrogen (secondary N) is 1. The van der Waals surface area contributed by atoms with Crippen LogP contribution in [-0.2, 0) is 9.59 Å². The average Bonchev–Trinajstić information content (AvgIpc) is 2.56. The van der Waals surface area contributed by atoms with Crippen molar-refractivity contribution in [3.05, 3.63) is 27.7 Å². The molecule has 0 spiro atoms. The normalized spacial score (nSPS) is 27.0. The smallest absolute Gasteiger partial charge is 0.245 e. The van der Waals surface area contributed by atoms with Crippen LogP contribution in [0.4, 0.5) is 0 Å². The molecule has 8 heteroatoms. The van der Waals surface area contributed by atoms with Gasteiger partial charge in [-0.15, -0.1) is 0 Å². The van der Waals surface area contributed by atoms with Crippen molar-refractivity contribution in [2.45, 2.75) is 37.3 Å². The van der Waals surface area contributed by atoms with Crippen LogP contribution in [0, 0.1) is 0 Å². The number of hydrogen-bond donors (Lipinski definition) is 3. The first-order valence-corrected chi connectivity index (χ1v) is 8.58. The van der Waals surface area contributed by atoms with Gasteiger partial charge in [0.2, 0.25) is 11.8 Å². The zero-order valence-corrected chi connectivity index (χ0v) is 14.3. The molecule has 2 aliphatic rings. The van der Waals surface area contributed by atoms with Gasteiger partial charge in [-0.1, -0.05) is 23.2 Å². The molecular formula is C16H18Cl2N2O4. The van der Waals surface area contributed by atoms with Crippen LogP contribution in [0.2, 0.25) is 10.0 Å². The number of hydrogen-bond acceptors (Lipinski definition) is 4. The number of aliphatic hydroxyl groups excluding tert-OH is 1. The maximum Gasteiger partial charge on any atom is 0.245 e. The highest BCUT2D eigenvalue weighted by atomic mass is 35.5. The Morgan fingerprint density at radius 2 is 2.04 bits per heavy atom. The first kappa shape index (κ1) is 17.3.